The number of hydrogen-bond acceptors (Lipinski definition) is 3. The average molecular weight is 214 g/mol. The zero-order valence-corrected chi connectivity index (χ0v) is 9.93. The third kappa shape index (κ3) is 5.74. The topological polar surface area (TPSA) is 50.4 Å². The van der Waals surface area contributed by atoms with Gasteiger partial charge in [-0.05, 0) is 26.7 Å². The van der Waals surface area contributed by atoms with Crippen LogP contribution in [-0.2, 0) is 9.53 Å². The fourth-order valence-electron chi connectivity index (χ4n) is 1.29. The molecule has 0 aromatic heterocycles. The molecule has 88 valence electrons. The van der Waals surface area contributed by atoms with Crippen molar-refractivity contribution in [1.82, 2.24) is 10.6 Å². The molecule has 1 aliphatic rings. The number of amides is 1. The number of rotatable bonds is 7. The monoisotopic (exact) mass is 214 g/mol. The molecule has 1 aliphatic carbocycles. The predicted molar refractivity (Wildman–Crippen MR) is 59.7 cm³/mol. The molecule has 0 heterocycles. The second-order valence-corrected chi connectivity index (χ2v) is 4.72. The number of hydrogen-bond donors (Lipinski definition) is 2. The van der Waals surface area contributed by atoms with E-state index in [0.717, 1.165) is 6.54 Å². The fraction of sp³-hybridized carbons (Fsp3) is 0.909. The van der Waals surface area contributed by atoms with Crippen molar-refractivity contribution in [3.63, 3.8) is 0 Å². The summed E-state index contributed by atoms with van der Waals surface area (Å²) >= 11 is 0. The van der Waals surface area contributed by atoms with Crippen molar-refractivity contribution >= 4 is 5.91 Å². The molecule has 0 aromatic carbocycles. The lowest BCUT2D eigenvalue weighted by atomic mass is 10.1. The van der Waals surface area contributed by atoms with E-state index in [4.69, 9.17) is 4.74 Å². The molecule has 0 unspecified atom stereocenters. The molecular weight excluding hydrogens is 192 g/mol. The van der Waals surface area contributed by atoms with Gasteiger partial charge in [-0.25, -0.2) is 0 Å². The van der Waals surface area contributed by atoms with Gasteiger partial charge in [0.1, 0.15) is 0 Å². The zero-order chi connectivity index (χ0) is 11.3. The van der Waals surface area contributed by atoms with E-state index in [0.29, 0.717) is 19.0 Å². The van der Waals surface area contributed by atoms with Crippen molar-refractivity contribution < 1.29 is 9.53 Å². The molecule has 0 bridgehead atoms. The van der Waals surface area contributed by atoms with Gasteiger partial charge in [-0.1, -0.05) is 0 Å². The van der Waals surface area contributed by atoms with E-state index < -0.39 is 0 Å². The summed E-state index contributed by atoms with van der Waals surface area (Å²) in [5.41, 5.74) is -0.367. The van der Waals surface area contributed by atoms with Crippen LogP contribution in [0.25, 0.3) is 0 Å². The maximum Gasteiger partial charge on any atom is 0.222 e. The van der Waals surface area contributed by atoms with E-state index in [2.05, 4.69) is 10.6 Å². The van der Waals surface area contributed by atoms with E-state index in [1.165, 1.54) is 12.8 Å². The smallest absolute Gasteiger partial charge is 0.222 e. The lowest BCUT2D eigenvalue weighted by molar-refractivity contribution is -0.126. The summed E-state index contributed by atoms with van der Waals surface area (Å²) in [6, 6.07) is 0.706. The summed E-state index contributed by atoms with van der Waals surface area (Å²) in [7, 11) is 1.63. The second-order valence-electron chi connectivity index (χ2n) is 4.72. The van der Waals surface area contributed by atoms with Gasteiger partial charge in [0.2, 0.25) is 5.91 Å². The van der Waals surface area contributed by atoms with Crippen molar-refractivity contribution in [2.75, 3.05) is 20.2 Å². The van der Waals surface area contributed by atoms with Crippen LogP contribution in [0.15, 0.2) is 0 Å². The summed E-state index contributed by atoms with van der Waals surface area (Å²) < 4.78 is 5.19. The van der Waals surface area contributed by atoms with E-state index in [-0.39, 0.29) is 11.5 Å². The van der Waals surface area contributed by atoms with Gasteiger partial charge < -0.3 is 15.4 Å². The van der Waals surface area contributed by atoms with Crippen LogP contribution in [0.5, 0.6) is 0 Å². The zero-order valence-electron chi connectivity index (χ0n) is 9.93. The first kappa shape index (κ1) is 12.5. The summed E-state index contributed by atoms with van der Waals surface area (Å²) in [5, 5.41) is 6.22. The van der Waals surface area contributed by atoms with E-state index in [9.17, 15) is 4.79 Å². The molecule has 1 saturated carbocycles. The molecule has 4 heteroatoms. The maximum atomic E-state index is 11.5. The quantitative estimate of drug-likeness (QED) is 0.612. The molecule has 15 heavy (non-hydrogen) atoms. The molecule has 0 saturated heterocycles. The molecular formula is C11H22N2O2. The second kappa shape index (κ2) is 5.47. The first-order chi connectivity index (χ1) is 7.03. The van der Waals surface area contributed by atoms with Crippen LogP contribution < -0.4 is 10.6 Å². The van der Waals surface area contributed by atoms with Crippen molar-refractivity contribution in [2.24, 2.45) is 0 Å². The van der Waals surface area contributed by atoms with Gasteiger partial charge in [0.05, 0.1) is 12.0 Å². The molecule has 0 spiro atoms. The van der Waals surface area contributed by atoms with Crippen molar-refractivity contribution in [3.05, 3.63) is 0 Å². The summed E-state index contributed by atoms with van der Waals surface area (Å²) in [5.74, 6) is 0.0550. The average Bonchev–Trinajstić information content (AvgIpc) is 2.95. The highest BCUT2D eigenvalue weighted by Gasteiger charge is 2.21. The Balaban J connectivity index is 2.01. The Morgan fingerprint density at radius 2 is 2.07 bits per heavy atom. The Morgan fingerprint density at radius 3 is 2.60 bits per heavy atom. The summed E-state index contributed by atoms with van der Waals surface area (Å²) in [6.07, 6.45) is 2.97. The van der Waals surface area contributed by atoms with Gasteiger partial charge >= 0.3 is 0 Å². The Morgan fingerprint density at radius 1 is 1.40 bits per heavy atom. The highest BCUT2D eigenvalue weighted by atomic mass is 16.5. The highest BCUT2D eigenvalue weighted by molar-refractivity contribution is 5.76. The van der Waals surface area contributed by atoms with Crippen LogP contribution in [0.2, 0.25) is 0 Å². The SMILES string of the molecule is COC(C)(C)CC(=O)NCCNC1CC1. The third-order valence-electron chi connectivity index (χ3n) is 2.60. The number of nitrogens with one attached hydrogen (secondary N) is 2. The lowest BCUT2D eigenvalue weighted by Crippen LogP contribution is -2.37. The summed E-state index contributed by atoms with van der Waals surface area (Å²) in [4.78, 5) is 11.5. The Bertz CT molecular complexity index is 213. The van der Waals surface area contributed by atoms with E-state index in [1.54, 1.807) is 7.11 Å². The van der Waals surface area contributed by atoms with Crippen LogP contribution in [0.3, 0.4) is 0 Å². The third-order valence-corrected chi connectivity index (χ3v) is 2.60. The molecule has 0 aliphatic heterocycles. The van der Waals surface area contributed by atoms with Gasteiger partial charge in [-0.15, -0.1) is 0 Å². The van der Waals surface area contributed by atoms with Gasteiger partial charge in [0.25, 0.3) is 0 Å². The molecule has 4 nitrogen and oxygen atoms in total. The summed E-state index contributed by atoms with van der Waals surface area (Å²) in [6.45, 7) is 5.39. The minimum atomic E-state index is -0.367. The number of methoxy groups -OCH3 is 1. The number of ether oxygens (including phenoxy) is 1. The van der Waals surface area contributed by atoms with E-state index >= 15 is 0 Å². The number of carbonyl (C=O) groups is 1. The maximum absolute atomic E-state index is 11.5. The molecule has 2 N–H and O–H groups in total. The molecule has 0 aromatic rings. The normalized spacial score (nSPS) is 16.5. The van der Waals surface area contributed by atoms with Crippen molar-refractivity contribution in [1.29, 1.82) is 0 Å². The van der Waals surface area contributed by atoms with Gasteiger partial charge in [-0.2, -0.15) is 0 Å². The van der Waals surface area contributed by atoms with Crippen LogP contribution in [0.1, 0.15) is 33.1 Å². The Kier molecular flexibility index (Phi) is 4.54. The highest BCUT2D eigenvalue weighted by Crippen LogP contribution is 2.17. The predicted octanol–water partition coefficient (Wildman–Crippen LogP) is 0.670. The van der Waals surface area contributed by atoms with Crippen LogP contribution in [0, 0.1) is 0 Å². The lowest BCUT2D eigenvalue weighted by Gasteiger charge is -2.21. The Hall–Kier alpha value is -0.610. The first-order valence-corrected chi connectivity index (χ1v) is 5.59. The van der Waals surface area contributed by atoms with Crippen LogP contribution in [0.4, 0.5) is 0 Å². The van der Waals surface area contributed by atoms with Crippen molar-refractivity contribution in [2.45, 2.75) is 44.8 Å². The van der Waals surface area contributed by atoms with Crippen LogP contribution in [-0.4, -0.2) is 37.7 Å². The van der Waals surface area contributed by atoms with Gasteiger partial charge in [0.15, 0.2) is 0 Å². The molecule has 0 atom stereocenters. The van der Waals surface area contributed by atoms with E-state index in [1.807, 2.05) is 13.8 Å². The van der Waals surface area contributed by atoms with Crippen LogP contribution >= 0.6 is 0 Å². The Labute approximate surface area is 91.8 Å². The largest absolute Gasteiger partial charge is 0.378 e. The molecule has 1 fully saturated rings. The standard InChI is InChI=1S/C11H22N2O2/c1-11(2,15-3)8-10(14)13-7-6-12-9-4-5-9/h9,12H,4-8H2,1-3H3,(H,13,14). The number of carbonyl (C=O) groups excluding carboxylic acids is 1. The van der Waals surface area contributed by atoms with Gasteiger partial charge in [0, 0.05) is 26.2 Å². The minimum absolute atomic E-state index is 0.0550. The minimum Gasteiger partial charge on any atom is -0.378 e. The molecule has 1 rings (SSSR count). The first-order valence-electron chi connectivity index (χ1n) is 5.59. The van der Waals surface area contributed by atoms with Gasteiger partial charge in [-0.3, -0.25) is 4.79 Å². The molecule has 1 amide bonds. The fourth-order valence-corrected chi connectivity index (χ4v) is 1.29. The molecule has 0 radical (unpaired) electrons. The van der Waals surface area contributed by atoms with Crippen molar-refractivity contribution in [3.8, 4) is 0 Å².